The molecule has 1 aliphatic carbocycles. The van der Waals surface area contributed by atoms with E-state index >= 15 is 0 Å². The summed E-state index contributed by atoms with van der Waals surface area (Å²) in [6.07, 6.45) is 7.00. The van der Waals surface area contributed by atoms with Crippen LogP contribution in [0.4, 0.5) is 11.8 Å². The van der Waals surface area contributed by atoms with Crippen LogP contribution in [0.15, 0.2) is 36.5 Å². The van der Waals surface area contributed by atoms with E-state index in [0.717, 1.165) is 55.7 Å². The van der Waals surface area contributed by atoms with Crippen molar-refractivity contribution in [3.05, 3.63) is 42.1 Å². The minimum atomic E-state index is -0.0245. The van der Waals surface area contributed by atoms with Crippen LogP contribution in [-0.2, 0) is 4.79 Å². The summed E-state index contributed by atoms with van der Waals surface area (Å²) >= 11 is 0. The van der Waals surface area contributed by atoms with Crippen molar-refractivity contribution in [1.82, 2.24) is 15.3 Å². The molecule has 3 heterocycles. The summed E-state index contributed by atoms with van der Waals surface area (Å²) in [6.45, 7) is 7.46. The number of aromatic nitrogens is 2. The number of carbonyl (C=O) groups is 1. The lowest BCUT2D eigenvalue weighted by molar-refractivity contribution is -0.119. The van der Waals surface area contributed by atoms with Crippen molar-refractivity contribution in [3.63, 3.8) is 0 Å². The Balaban J connectivity index is 1.18. The number of amides is 1. The Morgan fingerprint density at radius 1 is 1.16 bits per heavy atom. The molecule has 3 aliphatic rings. The van der Waals surface area contributed by atoms with Crippen molar-refractivity contribution in [1.29, 1.82) is 0 Å². The van der Waals surface area contributed by atoms with Crippen molar-refractivity contribution in [2.45, 2.75) is 51.7 Å². The number of hydrogen-bond donors (Lipinski definition) is 1. The highest BCUT2D eigenvalue weighted by Gasteiger charge is 2.48. The van der Waals surface area contributed by atoms with Crippen molar-refractivity contribution in [3.8, 4) is 5.75 Å². The highest BCUT2D eigenvalue weighted by Crippen LogP contribution is 2.53. The fraction of sp³-hybridized carbons (Fsp3) is 0.542. The fourth-order valence-corrected chi connectivity index (χ4v) is 4.81. The second kappa shape index (κ2) is 8.02. The fourth-order valence-electron chi connectivity index (χ4n) is 4.81. The maximum Gasteiger partial charge on any atom is 0.227 e. The zero-order valence-corrected chi connectivity index (χ0v) is 18.4. The van der Waals surface area contributed by atoms with Gasteiger partial charge >= 0.3 is 0 Å². The summed E-state index contributed by atoms with van der Waals surface area (Å²) in [5, 5.41) is 2.91. The van der Waals surface area contributed by atoms with E-state index in [-0.39, 0.29) is 18.1 Å². The molecule has 0 unspecified atom stereocenters. The van der Waals surface area contributed by atoms with Gasteiger partial charge in [0.1, 0.15) is 17.7 Å². The largest absolute Gasteiger partial charge is 0.489 e. The van der Waals surface area contributed by atoms with E-state index in [2.05, 4.69) is 20.1 Å². The van der Waals surface area contributed by atoms with Gasteiger partial charge in [0, 0.05) is 39.2 Å². The van der Waals surface area contributed by atoms with Crippen LogP contribution < -0.4 is 19.9 Å². The number of ether oxygens (including phenoxy) is 1. The summed E-state index contributed by atoms with van der Waals surface area (Å²) in [7, 11) is 0. The average molecular weight is 422 g/mol. The van der Waals surface area contributed by atoms with Gasteiger partial charge < -0.3 is 19.9 Å². The van der Waals surface area contributed by atoms with Gasteiger partial charge in [-0.15, -0.1) is 0 Å². The van der Waals surface area contributed by atoms with E-state index in [1.165, 1.54) is 26.2 Å². The van der Waals surface area contributed by atoms with Crippen LogP contribution in [-0.4, -0.2) is 48.2 Å². The van der Waals surface area contributed by atoms with Crippen LogP contribution in [0.3, 0.4) is 0 Å². The summed E-state index contributed by atoms with van der Waals surface area (Å²) in [6, 6.07) is 10.0. The molecule has 0 radical (unpaired) electrons. The molecule has 0 bridgehead atoms. The van der Waals surface area contributed by atoms with Crippen molar-refractivity contribution in [2.24, 2.45) is 5.41 Å². The summed E-state index contributed by atoms with van der Waals surface area (Å²) < 4.78 is 6.23. The zero-order valence-electron chi connectivity index (χ0n) is 18.4. The first-order valence-corrected chi connectivity index (χ1v) is 11.4. The Hall–Kier alpha value is -2.83. The lowest BCUT2D eigenvalue weighted by atomic mass is 10.1. The molecule has 1 spiro atoms. The number of nitrogens with one attached hydrogen (secondary N) is 1. The maximum atomic E-state index is 11.2. The van der Waals surface area contributed by atoms with Crippen LogP contribution in [0, 0.1) is 5.41 Å². The van der Waals surface area contributed by atoms with Gasteiger partial charge in [-0.25, -0.2) is 4.98 Å². The zero-order chi connectivity index (χ0) is 21.4. The number of benzene rings is 1. The molecule has 1 aromatic carbocycles. The van der Waals surface area contributed by atoms with E-state index in [0.29, 0.717) is 5.41 Å². The average Bonchev–Trinajstić information content (AvgIpc) is 3.16. The molecular weight excluding hydrogens is 390 g/mol. The Labute approximate surface area is 183 Å². The molecule has 7 heteroatoms. The van der Waals surface area contributed by atoms with Gasteiger partial charge in [-0.2, -0.15) is 4.98 Å². The predicted octanol–water partition coefficient (Wildman–Crippen LogP) is 3.32. The molecule has 1 aromatic heterocycles. The van der Waals surface area contributed by atoms with Crippen LogP contribution in [0.1, 0.15) is 51.1 Å². The van der Waals surface area contributed by atoms with Crippen molar-refractivity contribution >= 4 is 17.7 Å². The molecule has 31 heavy (non-hydrogen) atoms. The molecule has 2 aromatic rings. The minimum absolute atomic E-state index is 0.00844. The summed E-state index contributed by atoms with van der Waals surface area (Å²) in [5.74, 6) is 2.70. The lowest BCUT2D eigenvalue weighted by Gasteiger charge is -2.21. The van der Waals surface area contributed by atoms with Crippen LogP contribution in [0.2, 0.25) is 0 Å². The Kier molecular flexibility index (Phi) is 5.20. The van der Waals surface area contributed by atoms with Crippen LogP contribution >= 0.6 is 0 Å². The monoisotopic (exact) mass is 421 g/mol. The van der Waals surface area contributed by atoms with Crippen molar-refractivity contribution in [2.75, 3.05) is 36.0 Å². The van der Waals surface area contributed by atoms with E-state index in [1.807, 2.05) is 43.5 Å². The molecular formula is C24H31N5O2. The van der Waals surface area contributed by atoms with Gasteiger partial charge in [0.15, 0.2) is 0 Å². The van der Waals surface area contributed by atoms with E-state index in [9.17, 15) is 4.79 Å². The van der Waals surface area contributed by atoms with Gasteiger partial charge in [-0.05, 0) is 55.4 Å². The molecule has 2 saturated heterocycles. The van der Waals surface area contributed by atoms with Gasteiger partial charge in [-0.1, -0.05) is 12.1 Å². The predicted molar refractivity (Wildman–Crippen MR) is 120 cm³/mol. The third-order valence-corrected chi connectivity index (χ3v) is 6.88. The van der Waals surface area contributed by atoms with Crippen molar-refractivity contribution < 1.29 is 9.53 Å². The van der Waals surface area contributed by atoms with Gasteiger partial charge in [0.05, 0.1) is 12.6 Å². The quantitative estimate of drug-likeness (QED) is 0.772. The van der Waals surface area contributed by atoms with Gasteiger partial charge in [0.2, 0.25) is 11.9 Å². The number of hydrogen-bond acceptors (Lipinski definition) is 6. The molecule has 5 rings (SSSR count). The van der Waals surface area contributed by atoms with Gasteiger partial charge in [-0.3, -0.25) is 4.79 Å². The normalized spacial score (nSPS) is 22.6. The Morgan fingerprint density at radius 2 is 1.97 bits per heavy atom. The topological polar surface area (TPSA) is 70.6 Å². The van der Waals surface area contributed by atoms with Crippen LogP contribution in [0.25, 0.3) is 0 Å². The highest BCUT2D eigenvalue weighted by atomic mass is 16.5. The number of carbonyl (C=O) groups excluding carboxylic acids is 1. The van der Waals surface area contributed by atoms with Crippen LogP contribution in [0.5, 0.6) is 5.75 Å². The molecule has 1 saturated carbocycles. The number of nitrogens with zero attached hydrogens (tertiary/aromatic N) is 4. The second-order valence-electron chi connectivity index (χ2n) is 9.35. The lowest BCUT2D eigenvalue weighted by Crippen LogP contribution is -2.27. The first-order chi connectivity index (χ1) is 15.0. The highest BCUT2D eigenvalue weighted by molar-refractivity contribution is 5.73. The summed E-state index contributed by atoms with van der Waals surface area (Å²) in [5.41, 5.74) is 1.64. The first kappa shape index (κ1) is 20.1. The number of anilines is 2. The minimum Gasteiger partial charge on any atom is -0.489 e. The van der Waals surface area contributed by atoms with E-state index in [4.69, 9.17) is 9.72 Å². The first-order valence-electron chi connectivity index (χ1n) is 11.4. The molecule has 1 N–H and O–H groups in total. The van der Waals surface area contributed by atoms with E-state index < -0.39 is 0 Å². The van der Waals surface area contributed by atoms with E-state index in [1.54, 1.807) is 0 Å². The molecule has 1 amide bonds. The molecule has 3 fully saturated rings. The molecule has 164 valence electrons. The third-order valence-electron chi connectivity index (χ3n) is 6.88. The Morgan fingerprint density at radius 3 is 2.68 bits per heavy atom. The second-order valence-corrected chi connectivity index (χ2v) is 9.35. The Bertz CT molecular complexity index is 943. The number of rotatable bonds is 6. The summed E-state index contributed by atoms with van der Waals surface area (Å²) in [4.78, 5) is 25.3. The third kappa shape index (κ3) is 4.45. The smallest absolute Gasteiger partial charge is 0.227 e. The standard InChI is InChI=1S/C24H31N5O2/c1-17(26-18(2)30)19-3-5-20(6-4-19)31-21-8-13-28(15-21)22-7-12-25-23(27-22)29-14-11-24(16-29)9-10-24/h3-7,12,17,21H,8-11,13-16H2,1-2H3,(H,26,30)/t17-,21+/m0/s1. The van der Waals surface area contributed by atoms with Gasteiger partial charge in [0.25, 0.3) is 0 Å². The molecule has 2 aliphatic heterocycles. The maximum absolute atomic E-state index is 11.2. The molecule has 7 nitrogen and oxygen atoms in total. The SMILES string of the molecule is CC(=O)N[C@@H](C)c1ccc(O[C@@H]2CCN(c3ccnc(N4CCC5(CC5)C4)n3)C2)cc1. The molecule has 2 atom stereocenters.